The van der Waals surface area contributed by atoms with Gasteiger partial charge in [-0.25, -0.2) is 0 Å². The van der Waals surface area contributed by atoms with E-state index in [0.29, 0.717) is 12.5 Å². The molecule has 2 N–H and O–H groups in total. The van der Waals surface area contributed by atoms with Crippen LogP contribution in [0, 0.1) is 12.8 Å². The molecule has 2 rings (SSSR count). The molecule has 2 aromatic rings. The Morgan fingerprint density at radius 2 is 1.85 bits per heavy atom. The third-order valence-electron chi connectivity index (χ3n) is 3.64. The van der Waals surface area contributed by atoms with Gasteiger partial charge in [0.15, 0.2) is 0 Å². The van der Waals surface area contributed by atoms with E-state index in [1.807, 2.05) is 12.1 Å². The quantitative estimate of drug-likeness (QED) is 0.872. The summed E-state index contributed by atoms with van der Waals surface area (Å²) in [6.45, 7) is 2.81. The van der Waals surface area contributed by atoms with Gasteiger partial charge in [0.1, 0.15) is 5.75 Å². The molecule has 106 valence electrons. The molecular weight excluding hydrogens is 246 g/mol. The molecule has 0 aliphatic carbocycles. The van der Waals surface area contributed by atoms with Crippen LogP contribution in [0.3, 0.4) is 0 Å². The Morgan fingerprint density at radius 1 is 1.05 bits per heavy atom. The number of benzene rings is 2. The van der Waals surface area contributed by atoms with E-state index < -0.39 is 0 Å². The summed E-state index contributed by atoms with van der Waals surface area (Å²) in [5.74, 6) is 1.39. The van der Waals surface area contributed by atoms with Gasteiger partial charge in [-0.15, -0.1) is 0 Å². The highest BCUT2D eigenvalue weighted by molar-refractivity contribution is 5.34. The summed E-state index contributed by atoms with van der Waals surface area (Å²) in [5.41, 5.74) is 9.85. The molecule has 0 aliphatic rings. The zero-order chi connectivity index (χ0) is 14.4. The van der Waals surface area contributed by atoms with E-state index in [2.05, 4.69) is 43.3 Å². The fourth-order valence-corrected chi connectivity index (χ4v) is 2.59. The van der Waals surface area contributed by atoms with Crippen molar-refractivity contribution in [3.05, 3.63) is 65.2 Å². The SMILES string of the molecule is COc1ccccc1CC(CN)Cc1cccc(C)c1. The van der Waals surface area contributed by atoms with Gasteiger partial charge in [0.25, 0.3) is 0 Å². The van der Waals surface area contributed by atoms with Crippen LogP contribution in [0.25, 0.3) is 0 Å². The van der Waals surface area contributed by atoms with Crippen molar-refractivity contribution < 1.29 is 4.74 Å². The number of aryl methyl sites for hydroxylation is 1. The first-order valence-electron chi connectivity index (χ1n) is 7.10. The Labute approximate surface area is 121 Å². The number of nitrogens with two attached hydrogens (primary N) is 1. The zero-order valence-electron chi connectivity index (χ0n) is 12.3. The lowest BCUT2D eigenvalue weighted by Gasteiger charge is -2.17. The maximum absolute atomic E-state index is 5.96. The van der Waals surface area contributed by atoms with Gasteiger partial charge in [0, 0.05) is 0 Å². The van der Waals surface area contributed by atoms with Crippen molar-refractivity contribution in [2.45, 2.75) is 19.8 Å². The Bertz CT molecular complexity index is 551. The van der Waals surface area contributed by atoms with E-state index in [-0.39, 0.29) is 0 Å². The lowest BCUT2D eigenvalue weighted by atomic mass is 9.92. The van der Waals surface area contributed by atoms with Crippen LogP contribution < -0.4 is 10.5 Å². The number of ether oxygens (including phenoxy) is 1. The maximum Gasteiger partial charge on any atom is 0.122 e. The van der Waals surface area contributed by atoms with Crippen LogP contribution in [0.4, 0.5) is 0 Å². The van der Waals surface area contributed by atoms with Crippen molar-refractivity contribution in [3.63, 3.8) is 0 Å². The molecule has 0 spiro atoms. The summed E-state index contributed by atoms with van der Waals surface area (Å²) in [7, 11) is 1.72. The molecule has 0 amide bonds. The van der Waals surface area contributed by atoms with Gasteiger partial charge in [-0.05, 0) is 49.4 Å². The standard InChI is InChI=1S/C18H23NO/c1-14-6-5-7-15(10-14)11-16(13-19)12-17-8-3-4-9-18(17)20-2/h3-10,16H,11-13,19H2,1-2H3. The number of rotatable bonds is 6. The molecule has 1 atom stereocenters. The minimum Gasteiger partial charge on any atom is -0.496 e. The number of hydrogen-bond donors (Lipinski definition) is 1. The Hall–Kier alpha value is -1.80. The first-order valence-corrected chi connectivity index (χ1v) is 7.10. The van der Waals surface area contributed by atoms with Crippen molar-refractivity contribution in [1.29, 1.82) is 0 Å². The Kier molecular flexibility index (Phi) is 5.19. The van der Waals surface area contributed by atoms with Gasteiger partial charge < -0.3 is 10.5 Å². The lowest BCUT2D eigenvalue weighted by molar-refractivity contribution is 0.404. The average molecular weight is 269 g/mol. The first-order chi connectivity index (χ1) is 9.72. The summed E-state index contributed by atoms with van der Waals surface area (Å²) in [4.78, 5) is 0. The highest BCUT2D eigenvalue weighted by Crippen LogP contribution is 2.22. The molecule has 2 heteroatoms. The van der Waals surface area contributed by atoms with Crippen LogP contribution in [0.1, 0.15) is 16.7 Å². The molecule has 20 heavy (non-hydrogen) atoms. The van der Waals surface area contributed by atoms with Crippen LogP contribution in [0.2, 0.25) is 0 Å². The van der Waals surface area contributed by atoms with E-state index in [1.165, 1.54) is 16.7 Å². The van der Waals surface area contributed by atoms with Crippen molar-refractivity contribution in [1.82, 2.24) is 0 Å². The predicted octanol–water partition coefficient (Wildman–Crippen LogP) is 3.36. The van der Waals surface area contributed by atoms with Crippen molar-refractivity contribution in [2.24, 2.45) is 11.7 Å². The molecule has 0 heterocycles. The second-order valence-electron chi connectivity index (χ2n) is 5.31. The van der Waals surface area contributed by atoms with Crippen LogP contribution in [0.5, 0.6) is 5.75 Å². The van der Waals surface area contributed by atoms with Gasteiger partial charge in [0.05, 0.1) is 7.11 Å². The van der Waals surface area contributed by atoms with Crippen molar-refractivity contribution in [3.8, 4) is 5.75 Å². The highest BCUT2D eigenvalue weighted by atomic mass is 16.5. The summed E-state index contributed by atoms with van der Waals surface area (Å²) in [5, 5.41) is 0. The molecule has 0 fully saturated rings. The summed E-state index contributed by atoms with van der Waals surface area (Å²) in [6.07, 6.45) is 1.96. The van der Waals surface area contributed by atoms with Crippen LogP contribution in [0.15, 0.2) is 48.5 Å². The van der Waals surface area contributed by atoms with Gasteiger partial charge >= 0.3 is 0 Å². The van der Waals surface area contributed by atoms with E-state index in [4.69, 9.17) is 10.5 Å². The molecule has 0 radical (unpaired) electrons. The normalized spacial score (nSPS) is 12.2. The van der Waals surface area contributed by atoms with Gasteiger partial charge in [0.2, 0.25) is 0 Å². The summed E-state index contributed by atoms with van der Waals surface area (Å²) in [6, 6.07) is 16.8. The average Bonchev–Trinajstić information content (AvgIpc) is 2.47. The molecule has 2 aromatic carbocycles. The van der Waals surface area contributed by atoms with E-state index in [1.54, 1.807) is 7.11 Å². The second kappa shape index (κ2) is 7.11. The molecule has 1 unspecified atom stereocenters. The molecule has 0 aliphatic heterocycles. The largest absolute Gasteiger partial charge is 0.496 e. The topological polar surface area (TPSA) is 35.2 Å². The molecule has 0 saturated carbocycles. The minimum absolute atomic E-state index is 0.438. The smallest absolute Gasteiger partial charge is 0.122 e. The third-order valence-corrected chi connectivity index (χ3v) is 3.64. The van der Waals surface area contributed by atoms with Crippen LogP contribution >= 0.6 is 0 Å². The maximum atomic E-state index is 5.96. The number of hydrogen-bond acceptors (Lipinski definition) is 2. The first kappa shape index (κ1) is 14.6. The van der Waals surface area contributed by atoms with Gasteiger partial charge in [-0.1, -0.05) is 48.0 Å². The Morgan fingerprint density at radius 3 is 2.55 bits per heavy atom. The minimum atomic E-state index is 0.438. The molecule has 0 saturated heterocycles. The van der Waals surface area contributed by atoms with E-state index in [0.717, 1.165) is 18.6 Å². The van der Waals surface area contributed by atoms with E-state index >= 15 is 0 Å². The van der Waals surface area contributed by atoms with Gasteiger partial charge in [-0.2, -0.15) is 0 Å². The van der Waals surface area contributed by atoms with E-state index in [9.17, 15) is 0 Å². The van der Waals surface area contributed by atoms with Crippen molar-refractivity contribution in [2.75, 3.05) is 13.7 Å². The van der Waals surface area contributed by atoms with Crippen molar-refractivity contribution >= 4 is 0 Å². The Balaban J connectivity index is 2.09. The summed E-state index contributed by atoms with van der Waals surface area (Å²) < 4.78 is 5.42. The monoisotopic (exact) mass is 269 g/mol. The fourth-order valence-electron chi connectivity index (χ4n) is 2.59. The summed E-state index contributed by atoms with van der Waals surface area (Å²) >= 11 is 0. The molecule has 0 bridgehead atoms. The predicted molar refractivity (Wildman–Crippen MR) is 84.1 cm³/mol. The lowest BCUT2D eigenvalue weighted by Crippen LogP contribution is -2.19. The van der Waals surface area contributed by atoms with Crippen LogP contribution in [-0.2, 0) is 12.8 Å². The third kappa shape index (κ3) is 3.84. The number of para-hydroxylation sites is 1. The molecular formula is C18H23NO. The number of methoxy groups -OCH3 is 1. The zero-order valence-corrected chi connectivity index (χ0v) is 12.3. The fraction of sp³-hybridized carbons (Fsp3) is 0.333. The van der Waals surface area contributed by atoms with Gasteiger partial charge in [-0.3, -0.25) is 0 Å². The molecule has 2 nitrogen and oxygen atoms in total. The second-order valence-corrected chi connectivity index (χ2v) is 5.31. The molecule has 0 aromatic heterocycles. The van der Waals surface area contributed by atoms with Crippen LogP contribution in [-0.4, -0.2) is 13.7 Å². The highest BCUT2D eigenvalue weighted by Gasteiger charge is 2.12.